The van der Waals surface area contributed by atoms with Gasteiger partial charge in [0, 0.05) is 13.2 Å². The molecule has 0 amide bonds. The predicted octanol–water partition coefficient (Wildman–Crippen LogP) is 2.99. The van der Waals surface area contributed by atoms with Gasteiger partial charge in [0.2, 0.25) is 0 Å². The van der Waals surface area contributed by atoms with Gasteiger partial charge in [-0.15, -0.1) is 0 Å². The Hall–Kier alpha value is -0.0800. The second-order valence-corrected chi connectivity index (χ2v) is 6.14. The molecule has 1 aliphatic heterocycles. The van der Waals surface area contributed by atoms with Crippen LogP contribution >= 0.6 is 0 Å². The fraction of sp³-hybridized carbons (Fsp3) is 1.00. The first-order valence-corrected chi connectivity index (χ1v) is 6.90. The van der Waals surface area contributed by atoms with E-state index >= 15 is 0 Å². The Morgan fingerprint density at radius 2 is 1.88 bits per heavy atom. The molecule has 2 aliphatic rings. The Balaban J connectivity index is 1.90. The summed E-state index contributed by atoms with van der Waals surface area (Å²) in [6.45, 7) is 6.33. The van der Waals surface area contributed by atoms with Crippen molar-refractivity contribution in [3.8, 4) is 0 Å². The highest BCUT2D eigenvalue weighted by Gasteiger charge is 2.39. The molecule has 16 heavy (non-hydrogen) atoms. The van der Waals surface area contributed by atoms with Gasteiger partial charge in [-0.05, 0) is 56.3 Å². The van der Waals surface area contributed by atoms with Gasteiger partial charge in [-0.2, -0.15) is 0 Å². The Morgan fingerprint density at radius 1 is 1.19 bits per heavy atom. The third-order valence-electron chi connectivity index (χ3n) is 4.73. The highest BCUT2D eigenvalue weighted by molar-refractivity contribution is 4.91. The summed E-state index contributed by atoms with van der Waals surface area (Å²) in [7, 11) is 0. The van der Waals surface area contributed by atoms with E-state index in [0.29, 0.717) is 11.8 Å². The molecular weight excluding hydrogens is 200 g/mol. The molecule has 94 valence electrons. The van der Waals surface area contributed by atoms with Crippen LogP contribution in [0.15, 0.2) is 0 Å². The lowest BCUT2D eigenvalue weighted by Crippen LogP contribution is -2.43. The van der Waals surface area contributed by atoms with E-state index in [1.807, 2.05) is 0 Å². The zero-order valence-corrected chi connectivity index (χ0v) is 10.7. The van der Waals surface area contributed by atoms with Crippen LogP contribution in [0.1, 0.15) is 52.4 Å². The van der Waals surface area contributed by atoms with Crippen molar-refractivity contribution in [2.75, 3.05) is 13.2 Å². The Labute approximate surface area is 99.4 Å². The number of aliphatic hydroxyl groups is 1. The first-order chi connectivity index (χ1) is 7.60. The lowest BCUT2D eigenvalue weighted by molar-refractivity contribution is -0.0799. The van der Waals surface area contributed by atoms with Gasteiger partial charge in [0.1, 0.15) is 0 Å². The quantitative estimate of drug-likeness (QED) is 0.784. The summed E-state index contributed by atoms with van der Waals surface area (Å²) in [4.78, 5) is 0. The van der Waals surface area contributed by atoms with Crippen LogP contribution in [-0.4, -0.2) is 23.9 Å². The monoisotopic (exact) mass is 226 g/mol. The summed E-state index contributed by atoms with van der Waals surface area (Å²) < 4.78 is 5.38. The SMILES string of the molecule is CC1CCC(O)(CC2CCOCC2)C(C)C1. The Bertz CT molecular complexity index is 223. The summed E-state index contributed by atoms with van der Waals surface area (Å²) in [5, 5.41) is 10.8. The second-order valence-electron chi connectivity index (χ2n) is 6.14. The maximum Gasteiger partial charge on any atom is 0.0676 e. The van der Waals surface area contributed by atoms with Gasteiger partial charge in [-0.25, -0.2) is 0 Å². The van der Waals surface area contributed by atoms with Gasteiger partial charge < -0.3 is 9.84 Å². The number of ether oxygens (including phenoxy) is 1. The van der Waals surface area contributed by atoms with Crippen LogP contribution in [0.5, 0.6) is 0 Å². The van der Waals surface area contributed by atoms with Crippen molar-refractivity contribution in [3.05, 3.63) is 0 Å². The van der Waals surface area contributed by atoms with E-state index in [-0.39, 0.29) is 5.60 Å². The van der Waals surface area contributed by atoms with Crippen molar-refractivity contribution < 1.29 is 9.84 Å². The average molecular weight is 226 g/mol. The van der Waals surface area contributed by atoms with Crippen LogP contribution in [0.4, 0.5) is 0 Å². The molecule has 0 aromatic carbocycles. The standard InChI is InChI=1S/C14H26O2/c1-11-3-6-14(15,12(2)9-11)10-13-4-7-16-8-5-13/h11-13,15H,3-10H2,1-2H3. The molecule has 2 nitrogen and oxygen atoms in total. The Kier molecular flexibility index (Phi) is 3.91. The largest absolute Gasteiger partial charge is 0.390 e. The van der Waals surface area contributed by atoms with Gasteiger partial charge in [0.15, 0.2) is 0 Å². The summed E-state index contributed by atoms with van der Waals surface area (Å²) >= 11 is 0. The normalized spacial score (nSPS) is 42.2. The van der Waals surface area contributed by atoms with Crippen LogP contribution in [0.2, 0.25) is 0 Å². The molecule has 2 fully saturated rings. The van der Waals surface area contributed by atoms with Crippen molar-refractivity contribution in [2.45, 2.75) is 58.0 Å². The fourth-order valence-electron chi connectivity index (χ4n) is 3.44. The zero-order valence-electron chi connectivity index (χ0n) is 10.7. The van der Waals surface area contributed by atoms with Gasteiger partial charge in [-0.1, -0.05) is 13.8 Å². The molecule has 0 spiro atoms. The maximum absolute atomic E-state index is 10.8. The van der Waals surface area contributed by atoms with Crippen molar-refractivity contribution >= 4 is 0 Å². The van der Waals surface area contributed by atoms with E-state index < -0.39 is 0 Å². The van der Waals surface area contributed by atoms with Gasteiger partial charge >= 0.3 is 0 Å². The minimum absolute atomic E-state index is 0.380. The van der Waals surface area contributed by atoms with Crippen LogP contribution in [0, 0.1) is 17.8 Å². The van der Waals surface area contributed by atoms with Gasteiger partial charge in [-0.3, -0.25) is 0 Å². The molecular formula is C14H26O2. The smallest absolute Gasteiger partial charge is 0.0676 e. The van der Waals surface area contributed by atoms with Crippen LogP contribution in [0.25, 0.3) is 0 Å². The van der Waals surface area contributed by atoms with Crippen molar-refractivity contribution in [3.63, 3.8) is 0 Å². The summed E-state index contributed by atoms with van der Waals surface area (Å²) in [5.41, 5.74) is -0.380. The minimum atomic E-state index is -0.380. The molecule has 3 unspecified atom stereocenters. The van der Waals surface area contributed by atoms with Crippen molar-refractivity contribution in [2.24, 2.45) is 17.8 Å². The number of hydrogen-bond donors (Lipinski definition) is 1. The number of rotatable bonds is 2. The first kappa shape index (κ1) is 12.4. The zero-order chi connectivity index (χ0) is 11.6. The maximum atomic E-state index is 10.8. The van der Waals surface area contributed by atoms with E-state index in [4.69, 9.17) is 4.74 Å². The van der Waals surface area contributed by atoms with Gasteiger partial charge in [0.05, 0.1) is 5.60 Å². The van der Waals surface area contributed by atoms with E-state index in [9.17, 15) is 5.11 Å². The Morgan fingerprint density at radius 3 is 2.50 bits per heavy atom. The van der Waals surface area contributed by atoms with Crippen LogP contribution in [-0.2, 0) is 4.74 Å². The molecule has 0 aromatic rings. The van der Waals surface area contributed by atoms with Crippen molar-refractivity contribution in [1.29, 1.82) is 0 Å². The summed E-state index contributed by atoms with van der Waals surface area (Å²) in [6.07, 6.45) is 6.69. The molecule has 1 saturated carbocycles. The fourth-order valence-corrected chi connectivity index (χ4v) is 3.44. The first-order valence-electron chi connectivity index (χ1n) is 6.90. The molecule has 0 radical (unpaired) electrons. The molecule has 1 heterocycles. The highest BCUT2D eigenvalue weighted by Crippen LogP contribution is 2.41. The third kappa shape index (κ3) is 2.78. The molecule has 0 aromatic heterocycles. The van der Waals surface area contributed by atoms with E-state index in [2.05, 4.69) is 13.8 Å². The highest BCUT2D eigenvalue weighted by atomic mass is 16.5. The number of hydrogen-bond acceptors (Lipinski definition) is 2. The van der Waals surface area contributed by atoms with Gasteiger partial charge in [0.25, 0.3) is 0 Å². The van der Waals surface area contributed by atoms with E-state index in [0.717, 1.165) is 44.8 Å². The summed E-state index contributed by atoms with van der Waals surface area (Å²) in [5.74, 6) is 1.96. The summed E-state index contributed by atoms with van der Waals surface area (Å²) in [6, 6.07) is 0. The molecule has 1 saturated heterocycles. The topological polar surface area (TPSA) is 29.5 Å². The molecule has 0 bridgehead atoms. The van der Waals surface area contributed by atoms with E-state index in [1.165, 1.54) is 12.8 Å². The van der Waals surface area contributed by atoms with E-state index in [1.54, 1.807) is 0 Å². The predicted molar refractivity (Wildman–Crippen MR) is 65.3 cm³/mol. The van der Waals surface area contributed by atoms with Crippen LogP contribution < -0.4 is 0 Å². The molecule has 2 rings (SSSR count). The lowest BCUT2D eigenvalue weighted by atomic mass is 9.68. The lowest BCUT2D eigenvalue weighted by Gasteiger charge is -2.43. The minimum Gasteiger partial charge on any atom is -0.390 e. The second kappa shape index (κ2) is 5.05. The van der Waals surface area contributed by atoms with Crippen molar-refractivity contribution in [1.82, 2.24) is 0 Å². The molecule has 3 atom stereocenters. The molecule has 1 aliphatic carbocycles. The van der Waals surface area contributed by atoms with Crippen LogP contribution in [0.3, 0.4) is 0 Å². The third-order valence-corrected chi connectivity index (χ3v) is 4.73. The molecule has 1 N–H and O–H groups in total. The average Bonchev–Trinajstić information content (AvgIpc) is 2.26. The molecule has 2 heteroatoms.